The maximum Gasteiger partial charge on any atom is 0.169 e. The Morgan fingerprint density at radius 2 is 0.900 bits per heavy atom. The van der Waals surface area contributed by atoms with E-state index >= 15 is 0 Å². The van der Waals surface area contributed by atoms with Gasteiger partial charge in [-0.1, -0.05) is 24.3 Å². The molecule has 0 N–H and O–H groups in total. The van der Waals surface area contributed by atoms with E-state index in [2.05, 4.69) is 19.9 Å². The van der Waals surface area contributed by atoms with Crippen LogP contribution in [-0.4, -0.2) is 38.7 Å². The molecule has 8 heteroatoms. The third-order valence-corrected chi connectivity index (χ3v) is 5.33. The highest BCUT2D eigenvalue weighted by molar-refractivity contribution is 6.01. The lowest BCUT2D eigenvalue weighted by Crippen LogP contribution is -1.99. The first-order chi connectivity index (χ1) is 14.9. The van der Waals surface area contributed by atoms with E-state index in [4.69, 9.17) is 9.97 Å². The zero-order valence-corrected chi connectivity index (χ0v) is 15.5. The van der Waals surface area contributed by atoms with E-state index in [0.717, 1.165) is 22.1 Å². The van der Waals surface area contributed by atoms with Crippen molar-refractivity contribution in [2.24, 2.45) is 0 Å². The Morgan fingerprint density at radius 1 is 0.467 bits per heavy atom. The van der Waals surface area contributed by atoms with Crippen LogP contribution in [0, 0.1) is 0 Å². The summed E-state index contributed by atoms with van der Waals surface area (Å²) in [5.74, 6) is 0. The van der Waals surface area contributed by atoms with Gasteiger partial charge < -0.3 is 0 Å². The molecule has 0 fully saturated rings. The van der Waals surface area contributed by atoms with Crippen molar-refractivity contribution in [3.63, 3.8) is 0 Å². The van der Waals surface area contributed by atoms with E-state index in [0.29, 0.717) is 33.6 Å². The molecule has 0 atom stereocenters. The van der Waals surface area contributed by atoms with E-state index in [1.165, 1.54) is 0 Å². The van der Waals surface area contributed by atoms with Gasteiger partial charge >= 0.3 is 0 Å². The minimum atomic E-state index is 0.661. The number of hydrogen-bond donors (Lipinski definition) is 0. The molecule has 7 aromatic rings. The predicted octanol–water partition coefficient (Wildman–Crippen LogP) is 3.74. The van der Waals surface area contributed by atoms with E-state index < -0.39 is 0 Å². The van der Waals surface area contributed by atoms with Gasteiger partial charge in [-0.2, -0.15) is 0 Å². The highest BCUT2D eigenvalue weighted by Crippen LogP contribution is 2.28. The van der Waals surface area contributed by atoms with Crippen LogP contribution in [0.1, 0.15) is 0 Å². The topological polar surface area (TPSA) is 86.2 Å². The minimum Gasteiger partial charge on any atom is -0.273 e. The van der Waals surface area contributed by atoms with Crippen LogP contribution in [0.25, 0.3) is 55.7 Å². The summed E-state index contributed by atoms with van der Waals surface area (Å²) in [6.07, 6.45) is 6.73. The van der Waals surface area contributed by atoms with E-state index in [1.54, 1.807) is 24.8 Å². The second kappa shape index (κ2) is 5.54. The largest absolute Gasteiger partial charge is 0.273 e. The number of rotatable bonds is 0. The van der Waals surface area contributed by atoms with Gasteiger partial charge in [-0.25, -0.2) is 29.9 Å². The molecule has 30 heavy (non-hydrogen) atoms. The van der Waals surface area contributed by atoms with E-state index in [9.17, 15) is 0 Å². The van der Waals surface area contributed by atoms with Crippen LogP contribution >= 0.6 is 0 Å². The molecule has 0 unspecified atom stereocenters. The third-order valence-electron chi connectivity index (χ3n) is 5.33. The van der Waals surface area contributed by atoms with Crippen molar-refractivity contribution in [2.75, 3.05) is 0 Å². The molecule has 0 aliphatic carbocycles. The third kappa shape index (κ3) is 1.89. The monoisotopic (exact) mass is 388 g/mol. The maximum atomic E-state index is 4.89. The number of aromatic nitrogens is 8. The first kappa shape index (κ1) is 15.5. The predicted molar refractivity (Wildman–Crippen MR) is 114 cm³/mol. The molecule has 0 radical (unpaired) electrons. The Labute approximate surface area is 168 Å². The fourth-order valence-corrected chi connectivity index (χ4v) is 4.10. The van der Waals surface area contributed by atoms with Gasteiger partial charge in [0.2, 0.25) is 0 Å². The SMILES string of the molecule is c1ccc2c(c1)nc1c3nccnc3n3c4ccccc4nc3c3nccnc3n21. The fraction of sp³-hybridized carbons (Fsp3) is 0. The normalized spacial score (nSPS) is 12.0. The molecule has 5 heterocycles. The van der Waals surface area contributed by atoms with E-state index in [-0.39, 0.29) is 0 Å². The Balaban J connectivity index is 1.98. The number of para-hydroxylation sites is 4. The highest BCUT2D eigenvalue weighted by atomic mass is 15.1. The Bertz CT molecular complexity index is 1680. The molecule has 0 amide bonds. The quantitative estimate of drug-likeness (QED) is 0.393. The molecular weight excluding hydrogens is 376 g/mol. The molecule has 8 nitrogen and oxygen atoms in total. The maximum absolute atomic E-state index is 4.89. The van der Waals surface area contributed by atoms with Gasteiger partial charge in [-0.15, -0.1) is 0 Å². The van der Waals surface area contributed by atoms with Gasteiger partial charge in [-0.05, 0) is 24.3 Å². The summed E-state index contributed by atoms with van der Waals surface area (Å²) in [5.41, 5.74) is 7.54. The summed E-state index contributed by atoms with van der Waals surface area (Å²) in [7, 11) is 0. The van der Waals surface area contributed by atoms with Gasteiger partial charge in [0.05, 0.1) is 22.1 Å². The van der Waals surface area contributed by atoms with Crippen molar-refractivity contribution >= 4 is 55.7 Å². The summed E-state index contributed by atoms with van der Waals surface area (Å²) < 4.78 is 3.99. The average molecular weight is 388 g/mol. The Kier molecular flexibility index (Phi) is 2.86. The van der Waals surface area contributed by atoms with Crippen molar-refractivity contribution in [2.45, 2.75) is 0 Å². The standard InChI is InChI=1S/C22H12N8/c1-3-7-15-13(5-1)27-21-17-20(26-12-9-23-17)30-16-8-4-2-6-14(16)28-22(30)18-19(29(15)21)25-11-10-24-18/h1-12H. The van der Waals surface area contributed by atoms with Crippen molar-refractivity contribution in [1.29, 1.82) is 0 Å². The van der Waals surface area contributed by atoms with Gasteiger partial charge in [0.25, 0.3) is 0 Å². The fourth-order valence-electron chi connectivity index (χ4n) is 4.10. The second-order valence-corrected chi connectivity index (χ2v) is 6.98. The number of hydrogen-bond acceptors (Lipinski definition) is 6. The number of nitrogens with zero attached hydrogens (tertiary/aromatic N) is 8. The highest BCUT2D eigenvalue weighted by Gasteiger charge is 2.17. The lowest BCUT2D eigenvalue weighted by atomic mass is 10.3. The molecule has 140 valence electrons. The molecular formula is C22H12N8. The average Bonchev–Trinajstić information content (AvgIpc) is 3.36. The molecule has 5 aromatic heterocycles. The zero-order valence-electron chi connectivity index (χ0n) is 15.5. The molecule has 0 spiro atoms. The van der Waals surface area contributed by atoms with Crippen molar-refractivity contribution in [3.8, 4) is 0 Å². The molecule has 0 aliphatic rings. The Morgan fingerprint density at radius 3 is 1.40 bits per heavy atom. The van der Waals surface area contributed by atoms with Gasteiger partial charge in [0.15, 0.2) is 22.6 Å². The smallest absolute Gasteiger partial charge is 0.169 e. The lowest BCUT2D eigenvalue weighted by molar-refractivity contribution is 1.15. The van der Waals surface area contributed by atoms with Gasteiger partial charge in [-0.3, -0.25) is 8.80 Å². The van der Waals surface area contributed by atoms with Crippen LogP contribution < -0.4 is 0 Å². The molecule has 7 rings (SSSR count). The summed E-state index contributed by atoms with van der Waals surface area (Å²) in [6, 6.07) is 15.9. The number of fused-ring (bicyclic) bond motifs is 12. The van der Waals surface area contributed by atoms with Crippen LogP contribution in [-0.2, 0) is 0 Å². The number of benzene rings is 2. The van der Waals surface area contributed by atoms with Gasteiger partial charge in [0.1, 0.15) is 11.0 Å². The molecule has 0 aliphatic heterocycles. The molecule has 0 bridgehead atoms. The van der Waals surface area contributed by atoms with E-state index in [1.807, 2.05) is 57.3 Å². The molecule has 2 aromatic carbocycles. The first-order valence-corrected chi connectivity index (χ1v) is 9.48. The summed E-state index contributed by atoms with van der Waals surface area (Å²) in [4.78, 5) is 28.5. The minimum absolute atomic E-state index is 0.661. The summed E-state index contributed by atoms with van der Waals surface area (Å²) >= 11 is 0. The molecule has 0 saturated heterocycles. The number of imidazole rings is 2. The van der Waals surface area contributed by atoms with Crippen molar-refractivity contribution in [3.05, 3.63) is 73.3 Å². The lowest BCUT2D eigenvalue weighted by Gasteiger charge is -2.05. The molecule has 0 saturated carbocycles. The van der Waals surface area contributed by atoms with Crippen LogP contribution in [0.5, 0.6) is 0 Å². The summed E-state index contributed by atoms with van der Waals surface area (Å²) in [5, 5.41) is 0. The van der Waals surface area contributed by atoms with Crippen LogP contribution in [0.4, 0.5) is 0 Å². The summed E-state index contributed by atoms with van der Waals surface area (Å²) in [6.45, 7) is 0. The zero-order chi connectivity index (χ0) is 19.7. The first-order valence-electron chi connectivity index (χ1n) is 9.48. The van der Waals surface area contributed by atoms with Crippen LogP contribution in [0.15, 0.2) is 73.3 Å². The van der Waals surface area contributed by atoms with Crippen molar-refractivity contribution < 1.29 is 0 Å². The Hall–Kier alpha value is -4.46. The second-order valence-electron chi connectivity index (χ2n) is 6.98. The van der Waals surface area contributed by atoms with Crippen LogP contribution in [0.2, 0.25) is 0 Å². The van der Waals surface area contributed by atoms with Crippen LogP contribution in [0.3, 0.4) is 0 Å². The van der Waals surface area contributed by atoms with Gasteiger partial charge in [0, 0.05) is 24.8 Å². The van der Waals surface area contributed by atoms with Crippen molar-refractivity contribution in [1.82, 2.24) is 38.7 Å².